The Hall–Kier alpha value is -2.29. The van der Waals surface area contributed by atoms with E-state index in [2.05, 4.69) is 14.9 Å². The Kier molecular flexibility index (Phi) is 6.79. The first kappa shape index (κ1) is 24.4. The number of halogens is 1. The standard InChI is InChI=1S/C22H34ClN5O4/c1-14-12-26(10-11-28(14)20(30)32-22(5,6)7)17-15-8-9-27(19(29)31-21(2,3)4)13-16(15)24-18(23)25-17/h14H,8-13H2,1-7H3/t14-/m1/s1. The monoisotopic (exact) mass is 467 g/mol. The zero-order chi connectivity index (χ0) is 23.8. The lowest BCUT2D eigenvalue weighted by Crippen LogP contribution is -2.55. The minimum atomic E-state index is -0.560. The van der Waals surface area contributed by atoms with E-state index >= 15 is 0 Å². The van der Waals surface area contributed by atoms with Gasteiger partial charge in [-0.25, -0.2) is 19.6 Å². The predicted octanol–water partition coefficient (Wildman–Crippen LogP) is 3.87. The lowest BCUT2D eigenvalue weighted by molar-refractivity contribution is 0.0158. The van der Waals surface area contributed by atoms with Crippen LogP contribution in [-0.4, -0.2) is 75.4 Å². The number of ether oxygens (including phenoxy) is 2. The van der Waals surface area contributed by atoms with Crippen LogP contribution >= 0.6 is 11.6 Å². The third-order valence-corrected chi connectivity index (χ3v) is 5.39. The molecular weight excluding hydrogens is 434 g/mol. The Balaban J connectivity index is 1.75. The quantitative estimate of drug-likeness (QED) is 0.579. The fraction of sp³-hybridized carbons (Fsp3) is 0.727. The second-order valence-corrected chi connectivity index (χ2v) is 10.7. The van der Waals surface area contributed by atoms with Crippen molar-refractivity contribution >= 4 is 29.6 Å². The number of piperazine rings is 1. The smallest absolute Gasteiger partial charge is 0.410 e. The first-order valence-corrected chi connectivity index (χ1v) is 11.4. The van der Waals surface area contributed by atoms with Gasteiger partial charge in [0.1, 0.15) is 17.0 Å². The van der Waals surface area contributed by atoms with Crippen molar-refractivity contribution in [2.24, 2.45) is 0 Å². The molecule has 0 unspecified atom stereocenters. The van der Waals surface area contributed by atoms with E-state index in [9.17, 15) is 9.59 Å². The second kappa shape index (κ2) is 8.92. The van der Waals surface area contributed by atoms with Crippen LogP contribution in [0.25, 0.3) is 0 Å². The topological polar surface area (TPSA) is 88.1 Å². The van der Waals surface area contributed by atoms with E-state index in [0.29, 0.717) is 39.1 Å². The molecule has 0 radical (unpaired) electrons. The van der Waals surface area contributed by atoms with E-state index in [1.807, 2.05) is 48.5 Å². The van der Waals surface area contributed by atoms with Gasteiger partial charge >= 0.3 is 12.2 Å². The molecule has 1 aromatic heterocycles. The summed E-state index contributed by atoms with van der Waals surface area (Å²) in [6, 6.07) is -0.0511. The molecule has 2 aliphatic rings. The molecule has 2 aliphatic heterocycles. The summed E-state index contributed by atoms with van der Waals surface area (Å²) in [7, 11) is 0. The van der Waals surface area contributed by atoms with E-state index in [0.717, 1.165) is 17.1 Å². The van der Waals surface area contributed by atoms with Crippen LogP contribution in [-0.2, 0) is 22.4 Å². The maximum atomic E-state index is 12.5. The summed E-state index contributed by atoms with van der Waals surface area (Å²) < 4.78 is 11.0. The van der Waals surface area contributed by atoms with E-state index in [4.69, 9.17) is 21.1 Å². The van der Waals surface area contributed by atoms with Gasteiger partial charge in [0.2, 0.25) is 5.28 Å². The molecule has 3 heterocycles. The molecular formula is C22H34ClN5O4. The highest BCUT2D eigenvalue weighted by molar-refractivity contribution is 6.28. The fourth-order valence-corrected chi connectivity index (χ4v) is 4.05. The molecule has 0 N–H and O–H groups in total. The van der Waals surface area contributed by atoms with E-state index < -0.39 is 11.2 Å². The summed E-state index contributed by atoms with van der Waals surface area (Å²) in [5.74, 6) is 0.777. The van der Waals surface area contributed by atoms with Crippen molar-refractivity contribution in [2.45, 2.75) is 78.7 Å². The zero-order valence-electron chi connectivity index (χ0n) is 20.1. The fourth-order valence-electron chi connectivity index (χ4n) is 3.87. The van der Waals surface area contributed by atoms with Gasteiger partial charge in [0, 0.05) is 37.8 Å². The molecule has 0 spiro atoms. The van der Waals surface area contributed by atoms with Gasteiger partial charge < -0.3 is 24.2 Å². The maximum absolute atomic E-state index is 12.5. The largest absolute Gasteiger partial charge is 0.444 e. The molecule has 2 amide bonds. The van der Waals surface area contributed by atoms with Crippen molar-refractivity contribution in [1.82, 2.24) is 19.8 Å². The number of nitrogens with zero attached hydrogens (tertiary/aromatic N) is 5. The molecule has 1 fully saturated rings. The molecule has 3 rings (SSSR count). The summed E-state index contributed by atoms with van der Waals surface area (Å²) in [5.41, 5.74) is 0.634. The van der Waals surface area contributed by atoms with Gasteiger partial charge in [-0.3, -0.25) is 0 Å². The number of aromatic nitrogens is 2. The number of hydrogen-bond donors (Lipinski definition) is 0. The molecule has 1 aromatic rings. The van der Waals surface area contributed by atoms with Crippen molar-refractivity contribution in [3.8, 4) is 0 Å². The molecule has 0 saturated carbocycles. The van der Waals surface area contributed by atoms with Gasteiger partial charge in [0.05, 0.1) is 12.2 Å². The van der Waals surface area contributed by atoms with E-state index in [1.54, 1.807) is 9.80 Å². The Morgan fingerprint density at radius 3 is 2.19 bits per heavy atom. The normalized spacial score (nSPS) is 19.5. The highest BCUT2D eigenvalue weighted by atomic mass is 35.5. The molecule has 178 valence electrons. The minimum absolute atomic E-state index is 0.0511. The highest BCUT2D eigenvalue weighted by Gasteiger charge is 2.34. The van der Waals surface area contributed by atoms with Gasteiger partial charge in [-0.1, -0.05) is 0 Å². The maximum Gasteiger partial charge on any atom is 0.410 e. The van der Waals surface area contributed by atoms with Gasteiger partial charge in [-0.2, -0.15) is 0 Å². The molecule has 10 heteroatoms. The van der Waals surface area contributed by atoms with Crippen LogP contribution in [0.1, 0.15) is 59.7 Å². The SMILES string of the molecule is C[C@@H]1CN(c2nc(Cl)nc3c2CCN(C(=O)OC(C)(C)C)C3)CCN1C(=O)OC(C)(C)C. The molecule has 1 saturated heterocycles. The van der Waals surface area contributed by atoms with Crippen molar-refractivity contribution in [3.05, 3.63) is 16.5 Å². The van der Waals surface area contributed by atoms with Crippen LogP contribution in [0.15, 0.2) is 0 Å². The van der Waals surface area contributed by atoms with Gasteiger partial charge in [-0.15, -0.1) is 0 Å². The molecule has 32 heavy (non-hydrogen) atoms. The van der Waals surface area contributed by atoms with Crippen LogP contribution in [0.4, 0.5) is 15.4 Å². The summed E-state index contributed by atoms with van der Waals surface area (Å²) in [4.78, 5) is 39.5. The second-order valence-electron chi connectivity index (χ2n) is 10.4. The number of carbonyl (C=O) groups is 2. The molecule has 1 atom stereocenters. The average Bonchev–Trinajstić information content (AvgIpc) is 2.63. The number of hydrogen-bond acceptors (Lipinski definition) is 7. The lowest BCUT2D eigenvalue weighted by atomic mass is 10.0. The van der Waals surface area contributed by atoms with Gasteiger partial charge in [-0.05, 0) is 66.5 Å². The first-order valence-electron chi connectivity index (χ1n) is 11.0. The predicted molar refractivity (Wildman–Crippen MR) is 122 cm³/mol. The summed E-state index contributed by atoms with van der Waals surface area (Å²) in [6.07, 6.45) is -0.0544. The number of rotatable bonds is 1. The van der Waals surface area contributed by atoms with Crippen LogP contribution in [0.2, 0.25) is 5.28 Å². The van der Waals surface area contributed by atoms with Crippen LogP contribution in [0.5, 0.6) is 0 Å². The van der Waals surface area contributed by atoms with Crippen molar-refractivity contribution in [3.63, 3.8) is 0 Å². The van der Waals surface area contributed by atoms with E-state index in [1.165, 1.54) is 0 Å². The Labute approximate surface area is 195 Å². The van der Waals surface area contributed by atoms with E-state index in [-0.39, 0.29) is 23.5 Å². The number of carbonyl (C=O) groups excluding carboxylic acids is 2. The Morgan fingerprint density at radius 2 is 1.59 bits per heavy atom. The lowest BCUT2D eigenvalue weighted by Gasteiger charge is -2.41. The third-order valence-electron chi connectivity index (χ3n) is 5.22. The van der Waals surface area contributed by atoms with Crippen molar-refractivity contribution in [2.75, 3.05) is 31.1 Å². The molecule has 0 bridgehead atoms. The van der Waals surface area contributed by atoms with Crippen LogP contribution < -0.4 is 4.90 Å². The first-order chi connectivity index (χ1) is 14.7. The van der Waals surface area contributed by atoms with Crippen molar-refractivity contribution < 1.29 is 19.1 Å². The summed E-state index contributed by atoms with van der Waals surface area (Å²) >= 11 is 6.25. The number of anilines is 1. The summed E-state index contributed by atoms with van der Waals surface area (Å²) in [5, 5.41) is 0.145. The molecule has 0 aliphatic carbocycles. The number of fused-ring (bicyclic) bond motifs is 1. The molecule has 0 aromatic carbocycles. The van der Waals surface area contributed by atoms with Gasteiger partial charge in [0.15, 0.2) is 0 Å². The minimum Gasteiger partial charge on any atom is -0.444 e. The van der Waals surface area contributed by atoms with Gasteiger partial charge in [0.25, 0.3) is 0 Å². The Bertz CT molecular complexity index is 880. The van der Waals surface area contributed by atoms with Crippen LogP contribution in [0.3, 0.4) is 0 Å². The third kappa shape index (κ3) is 5.94. The molecule has 9 nitrogen and oxygen atoms in total. The Morgan fingerprint density at radius 1 is 0.969 bits per heavy atom. The van der Waals surface area contributed by atoms with Crippen LogP contribution in [0, 0.1) is 0 Å². The van der Waals surface area contributed by atoms with Crippen molar-refractivity contribution in [1.29, 1.82) is 0 Å². The summed E-state index contributed by atoms with van der Waals surface area (Å²) in [6.45, 7) is 15.7. The zero-order valence-corrected chi connectivity index (χ0v) is 20.8. The average molecular weight is 468 g/mol. The highest BCUT2D eigenvalue weighted by Crippen LogP contribution is 2.30. The number of amides is 2.